The van der Waals surface area contributed by atoms with E-state index in [1.165, 1.54) is 6.92 Å². The molecule has 1 fully saturated rings. The summed E-state index contributed by atoms with van der Waals surface area (Å²) in [4.78, 5) is 28.2. The Bertz CT molecular complexity index is 569. The molecule has 2 amide bonds. The maximum atomic E-state index is 12.7. The van der Waals surface area contributed by atoms with E-state index in [2.05, 4.69) is 15.4 Å². The SMILES string of the molecule is CC(=O)NC(C(=O)N1CCN(Cc2c(C)noc2C)CC1)C(C)C. The minimum absolute atomic E-state index is 0.0113. The van der Waals surface area contributed by atoms with Crippen molar-refractivity contribution in [3.63, 3.8) is 0 Å². The number of aromatic nitrogens is 1. The van der Waals surface area contributed by atoms with Crippen LogP contribution in [0.4, 0.5) is 0 Å². The van der Waals surface area contributed by atoms with Gasteiger partial charge in [-0.25, -0.2) is 0 Å². The normalized spacial score (nSPS) is 17.2. The Morgan fingerprint density at radius 1 is 1.21 bits per heavy atom. The molecule has 0 saturated carbocycles. The van der Waals surface area contributed by atoms with E-state index in [1.54, 1.807) is 0 Å². The minimum Gasteiger partial charge on any atom is -0.361 e. The van der Waals surface area contributed by atoms with Crippen molar-refractivity contribution in [3.8, 4) is 0 Å². The second-order valence-electron chi connectivity index (χ2n) is 6.83. The van der Waals surface area contributed by atoms with E-state index in [0.29, 0.717) is 13.1 Å². The highest BCUT2D eigenvalue weighted by molar-refractivity contribution is 5.87. The van der Waals surface area contributed by atoms with Crippen molar-refractivity contribution in [1.29, 1.82) is 0 Å². The van der Waals surface area contributed by atoms with Crippen LogP contribution in [0.15, 0.2) is 4.52 Å². The molecule has 134 valence electrons. The quantitative estimate of drug-likeness (QED) is 0.871. The second-order valence-corrected chi connectivity index (χ2v) is 6.83. The molecule has 7 nitrogen and oxygen atoms in total. The highest BCUT2D eigenvalue weighted by Crippen LogP contribution is 2.17. The van der Waals surface area contributed by atoms with Crippen molar-refractivity contribution >= 4 is 11.8 Å². The lowest BCUT2D eigenvalue weighted by Gasteiger charge is -2.37. The molecule has 0 aromatic carbocycles. The van der Waals surface area contributed by atoms with E-state index >= 15 is 0 Å². The molecule has 2 heterocycles. The summed E-state index contributed by atoms with van der Waals surface area (Å²) in [5, 5.41) is 6.76. The summed E-state index contributed by atoms with van der Waals surface area (Å²) in [5.74, 6) is 0.773. The predicted octanol–water partition coefficient (Wildman–Crippen LogP) is 1.10. The Kier molecular flexibility index (Phi) is 5.99. The molecule has 1 N–H and O–H groups in total. The molecule has 0 aliphatic carbocycles. The zero-order valence-electron chi connectivity index (χ0n) is 15.3. The highest BCUT2D eigenvalue weighted by atomic mass is 16.5. The first-order chi connectivity index (χ1) is 11.3. The van der Waals surface area contributed by atoms with Crippen LogP contribution in [0.2, 0.25) is 0 Å². The van der Waals surface area contributed by atoms with Gasteiger partial charge in [-0.15, -0.1) is 0 Å². The average Bonchev–Trinajstić information content (AvgIpc) is 2.84. The van der Waals surface area contributed by atoms with E-state index in [0.717, 1.165) is 36.7 Å². The van der Waals surface area contributed by atoms with E-state index < -0.39 is 6.04 Å². The molecule has 1 aliphatic heterocycles. The lowest BCUT2D eigenvalue weighted by Crippen LogP contribution is -2.56. The third-order valence-corrected chi connectivity index (χ3v) is 4.54. The summed E-state index contributed by atoms with van der Waals surface area (Å²) >= 11 is 0. The van der Waals surface area contributed by atoms with Gasteiger partial charge in [0.1, 0.15) is 11.8 Å². The van der Waals surface area contributed by atoms with Crippen LogP contribution in [-0.2, 0) is 16.1 Å². The van der Waals surface area contributed by atoms with Crippen molar-refractivity contribution in [2.45, 2.75) is 47.2 Å². The smallest absolute Gasteiger partial charge is 0.245 e. The Morgan fingerprint density at radius 2 is 1.83 bits per heavy atom. The molecule has 0 bridgehead atoms. The number of aryl methyl sites for hydroxylation is 2. The van der Waals surface area contributed by atoms with Gasteiger partial charge in [0.15, 0.2) is 0 Å². The van der Waals surface area contributed by atoms with Crippen molar-refractivity contribution in [2.24, 2.45) is 5.92 Å². The number of carbonyl (C=O) groups excluding carboxylic acids is 2. The van der Waals surface area contributed by atoms with Gasteiger partial charge < -0.3 is 14.7 Å². The summed E-state index contributed by atoms with van der Waals surface area (Å²) in [6, 6.07) is -0.448. The molecule has 1 saturated heterocycles. The first-order valence-corrected chi connectivity index (χ1v) is 8.49. The molecule has 1 aromatic rings. The standard InChI is InChI=1S/C17H28N4O3/c1-11(2)16(18-14(5)22)17(23)21-8-6-20(7-9-21)10-15-12(3)19-24-13(15)4/h11,16H,6-10H2,1-5H3,(H,18,22). The van der Waals surface area contributed by atoms with Crippen LogP contribution < -0.4 is 5.32 Å². The van der Waals surface area contributed by atoms with Crippen LogP contribution in [0.3, 0.4) is 0 Å². The van der Waals surface area contributed by atoms with Gasteiger partial charge in [-0.2, -0.15) is 0 Å². The molecular weight excluding hydrogens is 308 g/mol. The molecule has 7 heteroatoms. The van der Waals surface area contributed by atoms with E-state index in [-0.39, 0.29) is 17.7 Å². The van der Waals surface area contributed by atoms with Crippen LogP contribution in [0.25, 0.3) is 0 Å². The van der Waals surface area contributed by atoms with Crippen LogP contribution in [0.1, 0.15) is 37.8 Å². The number of piperazine rings is 1. The van der Waals surface area contributed by atoms with Gasteiger partial charge >= 0.3 is 0 Å². The summed E-state index contributed by atoms with van der Waals surface area (Å²) < 4.78 is 5.21. The van der Waals surface area contributed by atoms with Gasteiger partial charge in [0.2, 0.25) is 11.8 Å². The number of amides is 2. The number of hydrogen-bond acceptors (Lipinski definition) is 5. The van der Waals surface area contributed by atoms with Gasteiger partial charge in [0.25, 0.3) is 0 Å². The molecule has 1 aliphatic rings. The van der Waals surface area contributed by atoms with Crippen LogP contribution in [0.5, 0.6) is 0 Å². The van der Waals surface area contributed by atoms with Crippen LogP contribution >= 0.6 is 0 Å². The Balaban J connectivity index is 1.91. The molecular formula is C17H28N4O3. The van der Waals surface area contributed by atoms with Crippen LogP contribution in [-0.4, -0.2) is 59.0 Å². The highest BCUT2D eigenvalue weighted by Gasteiger charge is 2.30. The van der Waals surface area contributed by atoms with E-state index in [9.17, 15) is 9.59 Å². The zero-order valence-corrected chi connectivity index (χ0v) is 15.3. The topological polar surface area (TPSA) is 78.7 Å². The molecule has 0 spiro atoms. The maximum absolute atomic E-state index is 12.7. The zero-order chi connectivity index (χ0) is 17.9. The summed E-state index contributed by atoms with van der Waals surface area (Å²) in [6.07, 6.45) is 0. The fourth-order valence-electron chi connectivity index (χ4n) is 3.01. The lowest BCUT2D eigenvalue weighted by molar-refractivity contribution is -0.138. The Labute approximate surface area is 143 Å². The third kappa shape index (κ3) is 4.35. The fraction of sp³-hybridized carbons (Fsp3) is 0.706. The number of nitrogens with zero attached hydrogens (tertiary/aromatic N) is 3. The average molecular weight is 336 g/mol. The first-order valence-electron chi connectivity index (χ1n) is 8.49. The molecule has 1 unspecified atom stereocenters. The number of rotatable bonds is 5. The molecule has 2 rings (SSSR count). The van der Waals surface area contributed by atoms with Gasteiger partial charge in [-0.3, -0.25) is 14.5 Å². The van der Waals surface area contributed by atoms with Crippen molar-refractivity contribution < 1.29 is 14.1 Å². The van der Waals surface area contributed by atoms with Crippen molar-refractivity contribution in [2.75, 3.05) is 26.2 Å². The molecule has 0 radical (unpaired) electrons. The predicted molar refractivity (Wildman–Crippen MR) is 90.3 cm³/mol. The van der Waals surface area contributed by atoms with Gasteiger partial charge in [0.05, 0.1) is 5.69 Å². The fourth-order valence-corrected chi connectivity index (χ4v) is 3.01. The largest absolute Gasteiger partial charge is 0.361 e. The number of hydrogen-bond donors (Lipinski definition) is 1. The maximum Gasteiger partial charge on any atom is 0.245 e. The minimum atomic E-state index is -0.448. The Morgan fingerprint density at radius 3 is 2.29 bits per heavy atom. The molecule has 1 atom stereocenters. The van der Waals surface area contributed by atoms with Crippen LogP contribution in [0, 0.1) is 19.8 Å². The third-order valence-electron chi connectivity index (χ3n) is 4.54. The summed E-state index contributed by atoms with van der Waals surface area (Å²) in [7, 11) is 0. The summed E-state index contributed by atoms with van der Waals surface area (Å²) in [6.45, 7) is 13.0. The second kappa shape index (κ2) is 7.79. The van der Waals surface area contributed by atoms with Gasteiger partial charge in [-0.05, 0) is 19.8 Å². The van der Waals surface area contributed by atoms with E-state index in [1.807, 2.05) is 32.6 Å². The monoisotopic (exact) mass is 336 g/mol. The van der Waals surface area contributed by atoms with Crippen molar-refractivity contribution in [1.82, 2.24) is 20.3 Å². The van der Waals surface area contributed by atoms with Gasteiger partial charge in [-0.1, -0.05) is 19.0 Å². The molecule has 1 aromatic heterocycles. The first kappa shape index (κ1) is 18.4. The number of carbonyl (C=O) groups is 2. The Hall–Kier alpha value is -1.89. The number of nitrogens with one attached hydrogen (secondary N) is 1. The van der Waals surface area contributed by atoms with Gasteiger partial charge in [0, 0.05) is 45.2 Å². The lowest BCUT2D eigenvalue weighted by atomic mass is 10.0. The summed E-state index contributed by atoms with van der Waals surface area (Å²) in [5.41, 5.74) is 2.06. The molecule has 24 heavy (non-hydrogen) atoms. The van der Waals surface area contributed by atoms with E-state index in [4.69, 9.17) is 4.52 Å². The van der Waals surface area contributed by atoms with Crippen molar-refractivity contribution in [3.05, 3.63) is 17.0 Å².